The second kappa shape index (κ2) is 5.73. The Morgan fingerprint density at radius 1 is 1.50 bits per heavy atom. The number of aliphatic hydroxyl groups excluding tert-OH is 1. The maximum absolute atomic E-state index is 9.68. The predicted octanol–water partition coefficient (Wildman–Crippen LogP) is 2.42. The summed E-state index contributed by atoms with van der Waals surface area (Å²) in [5.41, 5.74) is 1.10. The highest BCUT2D eigenvalue weighted by Gasteiger charge is 2.09. The topological polar surface area (TPSA) is 33.1 Å². The molecule has 1 N–H and O–H groups in total. The van der Waals surface area contributed by atoms with E-state index in [1.165, 1.54) is 4.88 Å². The third-order valence-electron chi connectivity index (χ3n) is 2.00. The van der Waals surface area contributed by atoms with Crippen LogP contribution in [0.5, 0.6) is 0 Å². The van der Waals surface area contributed by atoms with E-state index >= 15 is 0 Å². The average molecular weight is 231 g/mol. The van der Waals surface area contributed by atoms with Crippen LogP contribution in [0.2, 0.25) is 0 Å². The van der Waals surface area contributed by atoms with E-state index in [9.17, 15) is 5.11 Å². The molecule has 0 spiro atoms. The Kier molecular flexibility index (Phi) is 4.92. The molecule has 0 bridgehead atoms. The van der Waals surface area contributed by atoms with Crippen LogP contribution in [-0.4, -0.2) is 27.7 Å². The van der Waals surface area contributed by atoms with Crippen molar-refractivity contribution in [1.29, 1.82) is 0 Å². The molecule has 0 aliphatic heterocycles. The van der Waals surface area contributed by atoms with E-state index in [0.717, 1.165) is 22.2 Å². The average Bonchev–Trinajstić information content (AvgIpc) is 2.42. The number of thiazole rings is 1. The van der Waals surface area contributed by atoms with E-state index in [1.54, 1.807) is 23.1 Å². The SMILES string of the molecule is CCSCC(O)Cc1nc(C)c(C)s1. The minimum Gasteiger partial charge on any atom is -0.392 e. The first kappa shape index (κ1) is 12.0. The fraction of sp³-hybridized carbons (Fsp3) is 0.700. The molecule has 0 saturated carbocycles. The van der Waals surface area contributed by atoms with Gasteiger partial charge in [0.2, 0.25) is 0 Å². The molecule has 0 aliphatic rings. The Balaban J connectivity index is 2.43. The van der Waals surface area contributed by atoms with Crippen molar-refractivity contribution in [3.8, 4) is 0 Å². The maximum atomic E-state index is 9.68. The van der Waals surface area contributed by atoms with Gasteiger partial charge in [-0.3, -0.25) is 0 Å². The first-order chi connectivity index (χ1) is 6.63. The van der Waals surface area contributed by atoms with Gasteiger partial charge >= 0.3 is 0 Å². The van der Waals surface area contributed by atoms with Gasteiger partial charge in [0.05, 0.1) is 16.8 Å². The summed E-state index contributed by atoms with van der Waals surface area (Å²) >= 11 is 3.47. The van der Waals surface area contributed by atoms with Crippen LogP contribution in [0.4, 0.5) is 0 Å². The minimum absolute atomic E-state index is 0.245. The fourth-order valence-corrected chi connectivity index (χ4v) is 2.77. The summed E-state index contributed by atoms with van der Waals surface area (Å²) in [4.78, 5) is 5.67. The Morgan fingerprint density at radius 2 is 2.21 bits per heavy atom. The van der Waals surface area contributed by atoms with Crippen LogP contribution in [0.15, 0.2) is 0 Å². The van der Waals surface area contributed by atoms with Crippen LogP contribution < -0.4 is 0 Å². The third-order valence-corrected chi connectivity index (χ3v) is 4.12. The number of hydrogen-bond donors (Lipinski definition) is 1. The number of aromatic nitrogens is 1. The predicted molar refractivity (Wildman–Crippen MR) is 64.3 cm³/mol. The van der Waals surface area contributed by atoms with Crippen LogP contribution >= 0.6 is 23.1 Å². The van der Waals surface area contributed by atoms with Gasteiger partial charge in [-0.05, 0) is 19.6 Å². The van der Waals surface area contributed by atoms with Gasteiger partial charge in [0, 0.05) is 17.1 Å². The number of nitrogens with zero attached hydrogens (tertiary/aromatic N) is 1. The number of aryl methyl sites for hydroxylation is 2. The zero-order chi connectivity index (χ0) is 10.6. The summed E-state index contributed by atoms with van der Waals surface area (Å²) in [6, 6.07) is 0. The van der Waals surface area contributed by atoms with E-state index in [-0.39, 0.29) is 6.10 Å². The van der Waals surface area contributed by atoms with Gasteiger partial charge in [0.1, 0.15) is 0 Å². The zero-order valence-corrected chi connectivity index (χ0v) is 10.5. The van der Waals surface area contributed by atoms with Crippen molar-refractivity contribution in [2.24, 2.45) is 0 Å². The van der Waals surface area contributed by atoms with Crippen LogP contribution in [0, 0.1) is 13.8 Å². The van der Waals surface area contributed by atoms with Gasteiger partial charge in [-0.2, -0.15) is 11.8 Å². The molecule has 1 rings (SSSR count). The van der Waals surface area contributed by atoms with E-state index < -0.39 is 0 Å². The monoisotopic (exact) mass is 231 g/mol. The van der Waals surface area contributed by atoms with Crippen LogP contribution in [0.3, 0.4) is 0 Å². The van der Waals surface area contributed by atoms with Gasteiger partial charge in [-0.1, -0.05) is 6.92 Å². The van der Waals surface area contributed by atoms with E-state index in [1.807, 2.05) is 6.92 Å². The van der Waals surface area contributed by atoms with Gasteiger partial charge in [0.15, 0.2) is 0 Å². The molecular formula is C10H17NOS2. The number of thioether (sulfide) groups is 1. The van der Waals surface area contributed by atoms with Crippen molar-refractivity contribution < 1.29 is 5.11 Å². The van der Waals surface area contributed by atoms with Crippen LogP contribution in [0.25, 0.3) is 0 Å². The van der Waals surface area contributed by atoms with Crippen LogP contribution in [0.1, 0.15) is 22.5 Å². The fourth-order valence-electron chi connectivity index (χ4n) is 1.14. The van der Waals surface area contributed by atoms with Crippen molar-refractivity contribution in [3.63, 3.8) is 0 Å². The minimum atomic E-state index is -0.245. The molecule has 0 amide bonds. The summed E-state index contributed by atoms with van der Waals surface area (Å²) in [5, 5.41) is 10.7. The maximum Gasteiger partial charge on any atom is 0.0956 e. The Labute approximate surface area is 93.8 Å². The molecule has 0 saturated heterocycles. The normalized spacial score (nSPS) is 13.1. The van der Waals surface area contributed by atoms with Gasteiger partial charge in [-0.25, -0.2) is 4.98 Å². The van der Waals surface area contributed by atoms with Crippen LogP contribution in [-0.2, 0) is 6.42 Å². The number of aliphatic hydroxyl groups is 1. The van der Waals surface area contributed by atoms with E-state index in [4.69, 9.17) is 0 Å². The van der Waals surface area contributed by atoms with Crippen molar-refractivity contribution in [3.05, 3.63) is 15.6 Å². The van der Waals surface area contributed by atoms with Gasteiger partial charge in [-0.15, -0.1) is 11.3 Å². The summed E-state index contributed by atoms with van der Waals surface area (Å²) in [6.45, 7) is 6.20. The summed E-state index contributed by atoms with van der Waals surface area (Å²) in [6.07, 6.45) is 0.455. The standard InChI is InChI=1S/C10H17NOS2/c1-4-13-6-9(12)5-10-11-7(2)8(3)14-10/h9,12H,4-6H2,1-3H3. The molecule has 1 atom stereocenters. The second-order valence-electron chi connectivity index (χ2n) is 3.27. The van der Waals surface area contributed by atoms with Crippen molar-refractivity contribution >= 4 is 23.1 Å². The molecular weight excluding hydrogens is 214 g/mol. The first-order valence-corrected chi connectivity index (χ1v) is 6.79. The Hall–Kier alpha value is -0.0600. The molecule has 2 nitrogen and oxygen atoms in total. The lowest BCUT2D eigenvalue weighted by Gasteiger charge is -2.06. The molecule has 1 unspecified atom stereocenters. The molecule has 0 fully saturated rings. The molecule has 4 heteroatoms. The molecule has 0 aliphatic carbocycles. The second-order valence-corrected chi connectivity index (χ2v) is 5.87. The Bertz CT molecular complexity index is 266. The van der Waals surface area contributed by atoms with E-state index in [2.05, 4.69) is 18.8 Å². The summed E-state index contributed by atoms with van der Waals surface area (Å²) < 4.78 is 0. The quantitative estimate of drug-likeness (QED) is 0.845. The number of hydrogen-bond acceptors (Lipinski definition) is 4. The molecule has 1 aromatic rings. The first-order valence-electron chi connectivity index (χ1n) is 4.82. The lowest BCUT2D eigenvalue weighted by molar-refractivity contribution is 0.200. The highest BCUT2D eigenvalue weighted by Crippen LogP contribution is 2.18. The summed E-state index contributed by atoms with van der Waals surface area (Å²) in [7, 11) is 0. The smallest absolute Gasteiger partial charge is 0.0956 e. The Morgan fingerprint density at radius 3 is 2.71 bits per heavy atom. The van der Waals surface area contributed by atoms with Crippen molar-refractivity contribution in [2.45, 2.75) is 33.3 Å². The zero-order valence-electron chi connectivity index (χ0n) is 8.91. The molecule has 80 valence electrons. The lowest BCUT2D eigenvalue weighted by atomic mass is 10.3. The molecule has 1 aromatic heterocycles. The number of rotatable bonds is 5. The van der Waals surface area contributed by atoms with Crippen molar-refractivity contribution in [1.82, 2.24) is 4.98 Å². The van der Waals surface area contributed by atoms with Crippen molar-refractivity contribution in [2.75, 3.05) is 11.5 Å². The highest BCUT2D eigenvalue weighted by atomic mass is 32.2. The molecule has 0 aromatic carbocycles. The highest BCUT2D eigenvalue weighted by molar-refractivity contribution is 7.99. The summed E-state index contributed by atoms with van der Waals surface area (Å²) in [5.74, 6) is 1.88. The molecule has 0 radical (unpaired) electrons. The van der Waals surface area contributed by atoms with Gasteiger partial charge in [0.25, 0.3) is 0 Å². The van der Waals surface area contributed by atoms with E-state index in [0.29, 0.717) is 6.42 Å². The molecule has 14 heavy (non-hydrogen) atoms. The largest absolute Gasteiger partial charge is 0.392 e. The molecule has 1 heterocycles. The van der Waals surface area contributed by atoms with Gasteiger partial charge < -0.3 is 5.11 Å². The third kappa shape index (κ3) is 3.59. The lowest BCUT2D eigenvalue weighted by Crippen LogP contribution is -2.13.